The second-order valence-electron chi connectivity index (χ2n) is 4.34. The van der Waals surface area contributed by atoms with Gasteiger partial charge < -0.3 is 15.6 Å². The van der Waals surface area contributed by atoms with Crippen LogP contribution in [0.15, 0.2) is 18.2 Å². The number of hydrogen-bond donors (Lipinski definition) is 2. The van der Waals surface area contributed by atoms with E-state index in [1.165, 1.54) is 0 Å². The van der Waals surface area contributed by atoms with Gasteiger partial charge in [0.2, 0.25) is 0 Å². The molecule has 104 valence electrons. The lowest BCUT2D eigenvalue weighted by Crippen LogP contribution is -2.03. The molecule has 1 rings (SSSR count). The Morgan fingerprint density at radius 3 is 2.89 bits per heavy atom. The molecule has 0 aliphatic heterocycles. The summed E-state index contributed by atoms with van der Waals surface area (Å²) in [5.74, 6) is 8.85. The van der Waals surface area contributed by atoms with E-state index < -0.39 is 0 Å². The molecule has 0 aromatic heterocycles. The molecule has 0 fully saturated rings. The lowest BCUT2D eigenvalue weighted by Gasteiger charge is -2.10. The quantitative estimate of drug-likeness (QED) is 0.781. The molecule has 1 atom stereocenters. The number of aliphatic hydroxyl groups excluding tert-OH is 1. The standard InChI is InChI=1S/C15H21NO2S/c1-12(9-17)10-19-11-14-8-13(4-3-7-16)5-6-15(14)18-2/h5-6,8,12,17H,7,9-11,16H2,1-2H3. The van der Waals surface area contributed by atoms with Gasteiger partial charge in [-0.15, -0.1) is 0 Å². The van der Waals surface area contributed by atoms with Crippen molar-refractivity contribution in [3.8, 4) is 17.6 Å². The number of aliphatic hydroxyl groups is 1. The first kappa shape index (κ1) is 15.9. The minimum atomic E-state index is 0.228. The highest BCUT2D eigenvalue weighted by Gasteiger charge is 2.06. The highest BCUT2D eigenvalue weighted by molar-refractivity contribution is 7.98. The predicted octanol–water partition coefficient (Wildman–Crippen LogP) is 1.87. The van der Waals surface area contributed by atoms with Crippen LogP contribution in [0.1, 0.15) is 18.1 Å². The van der Waals surface area contributed by atoms with Crippen LogP contribution in [-0.2, 0) is 5.75 Å². The van der Waals surface area contributed by atoms with E-state index >= 15 is 0 Å². The molecule has 0 radical (unpaired) electrons. The van der Waals surface area contributed by atoms with Crippen LogP contribution in [0, 0.1) is 17.8 Å². The summed E-state index contributed by atoms with van der Waals surface area (Å²) in [7, 11) is 1.67. The van der Waals surface area contributed by atoms with Gasteiger partial charge in [0, 0.05) is 23.5 Å². The number of ether oxygens (including phenoxy) is 1. The number of thioether (sulfide) groups is 1. The van der Waals surface area contributed by atoms with E-state index in [-0.39, 0.29) is 6.61 Å². The Hall–Kier alpha value is -1.15. The van der Waals surface area contributed by atoms with Crippen LogP contribution in [0.5, 0.6) is 5.75 Å². The zero-order valence-corrected chi connectivity index (χ0v) is 12.3. The van der Waals surface area contributed by atoms with Gasteiger partial charge in [-0.25, -0.2) is 0 Å². The maximum absolute atomic E-state index is 9.01. The lowest BCUT2D eigenvalue weighted by atomic mass is 10.1. The second kappa shape index (κ2) is 8.87. The monoisotopic (exact) mass is 279 g/mol. The Morgan fingerprint density at radius 2 is 2.26 bits per heavy atom. The average Bonchev–Trinajstić information content (AvgIpc) is 2.45. The molecule has 1 aromatic rings. The van der Waals surface area contributed by atoms with Crippen molar-refractivity contribution in [2.45, 2.75) is 12.7 Å². The van der Waals surface area contributed by atoms with Gasteiger partial charge in [-0.3, -0.25) is 0 Å². The fourth-order valence-corrected chi connectivity index (χ4v) is 2.62. The molecule has 0 spiro atoms. The Labute approximate surface area is 119 Å². The highest BCUT2D eigenvalue weighted by atomic mass is 32.2. The first-order chi connectivity index (χ1) is 9.21. The number of nitrogens with two attached hydrogens (primary N) is 1. The van der Waals surface area contributed by atoms with Crippen LogP contribution in [0.4, 0.5) is 0 Å². The Balaban J connectivity index is 2.72. The number of hydrogen-bond acceptors (Lipinski definition) is 4. The van der Waals surface area contributed by atoms with Crippen LogP contribution in [0.3, 0.4) is 0 Å². The molecule has 1 unspecified atom stereocenters. The van der Waals surface area contributed by atoms with Crippen LogP contribution in [0.2, 0.25) is 0 Å². The smallest absolute Gasteiger partial charge is 0.122 e. The Bertz CT molecular complexity index is 451. The molecule has 0 heterocycles. The van der Waals surface area contributed by atoms with E-state index in [1.54, 1.807) is 18.9 Å². The summed E-state index contributed by atoms with van der Waals surface area (Å²) in [4.78, 5) is 0. The highest BCUT2D eigenvalue weighted by Crippen LogP contribution is 2.25. The summed E-state index contributed by atoms with van der Waals surface area (Å²) in [5.41, 5.74) is 7.46. The van der Waals surface area contributed by atoms with Crippen molar-refractivity contribution in [2.24, 2.45) is 11.7 Å². The van der Waals surface area contributed by atoms with Gasteiger partial charge in [-0.1, -0.05) is 18.8 Å². The Morgan fingerprint density at radius 1 is 1.47 bits per heavy atom. The molecule has 4 heteroatoms. The maximum atomic E-state index is 9.01. The largest absolute Gasteiger partial charge is 0.496 e. The molecule has 0 bridgehead atoms. The van der Waals surface area contributed by atoms with E-state index in [1.807, 2.05) is 25.1 Å². The van der Waals surface area contributed by atoms with Gasteiger partial charge in [0.25, 0.3) is 0 Å². The summed E-state index contributed by atoms with van der Waals surface area (Å²) in [6.45, 7) is 2.63. The van der Waals surface area contributed by atoms with Crippen molar-refractivity contribution in [3.63, 3.8) is 0 Å². The minimum absolute atomic E-state index is 0.228. The molecule has 3 nitrogen and oxygen atoms in total. The van der Waals surface area contributed by atoms with Crippen LogP contribution >= 0.6 is 11.8 Å². The van der Waals surface area contributed by atoms with Crippen LogP contribution < -0.4 is 10.5 Å². The zero-order chi connectivity index (χ0) is 14.1. The lowest BCUT2D eigenvalue weighted by molar-refractivity contribution is 0.250. The Kier molecular flexibility index (Phi) is 7.42. The zero-order valence-electron chi connectivity index (χ0n) is 11.5. The van der Waals surface area contributed by atoms with Crippen molar-refractivity contribution >= 4 is 11.8 Å². The van der Waals surface area contributed by atoms with Gasteiger partial charge in [0.15, 0.2) is 0 Å². The van der Waals surface area contributed by atoms with Gasteiger partial charge in [-0.05, 0) is 29.9 Å². The van der Waals surface area contributed by atoms with E-state index in [4.69, 9.17) is 15.6 Å². The first-order valence-corrected chi connectivity index (χ1v) is 7.41. The molecule has 19 heavy (non-hydrogen) atoms. The molecule has 3 N–H and O–H groups in total. The molecule has 1 aromatic carbocycles. The molecular formula is C15H21NO2S. The van der Waals surface area contributed by atoms with E-state index in [0.29, 0.717) is 12.5 Å². The van der Waals surface area contributed by atoms with Gasteiger partial charge in [0.1, 0.15) is 5.75 Å². The van der Waals surface area contributed by atoms with Crippen LogP contribution in [-0.4, -0.2) is 31.1 Å². The van der Waals surface area contributed by atoms with Crippen molar-refractivity contribution in [1.82, 2.24) is 0 Å². The summed E-state index contributed by atoms with van der Waals surface area (Å²) in [5, 5.41) is 9.01. The van der Waals surface area contributed by atoms with E-state index in [0.717, 1.165) is 28.4 Å². The van der Waals surface area contributed by atoms with Crippen molar-refractivity contribution in [3.05, 3.63) is 29.3 Å². The van der Waals surface area contributed by atoms with E-state index in [9.17, 15) is 0 Å². The summed E-state index contributed by atoms with van der Waals surface area (Å²) in [6.07, 6.45) is 0. The molecule has 0 aliphatic carbocycles. The summed E-state index contributed by atoms with van der Waals surface area (Å²) in [6, 6.07) is 5.91. The summed E-state index contributed by atoms with van der Waals surface area (Å²) >= 11 is 1.79. The van der Waals surface area contributed by atoms with Crippen molar-refractivity contribution < 1.29 is 9.84 Å². The number of rotatable bonds is 6. The maximum Gasteiger partial charge on any atom is 0.122 e. The molecule has 0 aliphatic rings. The average molecular weight is 279 g/mol. The number of methoxy groups -OCH3 is 1. The third-order valence-electron chi connectivity index (χ3n) is 2.59. The van der Waals surface area contributed by atoms with E-state index in [2.05, 4.69) is 11.8 Å². The molecular weight excluding hydrogens is 258 g/mol. The fourth-order valence-electron chi connectivity index (χ4n) is 1.55. The van der Waals surface area contributed by atoms with Crippen LogP contribution in [0.25, 0.3) is 0 Å². The van der Waals surface area contributed by atoms with Gasteiger partial charge in [0.05, 0.1) is 13.7 Å². The molecule has 0 saturated heterocycles. The third kappa shape index (κ3) is 5.56. The SMILES string of the molecule is COc1ccc(C#CCN)cc1CSCC(C)CO. The minimum Gasteiger partial charge on any atom is -0.496 e. The third-order valence-corrected chi connectivity index (χ3v) is 3.91. The van der Waals surface area contributed by atoms with Crippen molar-refractivity contribution in [2.75, 3.05) is 26.0 Å². The molecule has 0 saturated carbocycles. The van der Waals surface area contributed by atoms with Gasteiger partial charge >= 0.3 is 0 Å². The molecule has 0 amide bonds. The van der Waals surface area contributed by atoms with Crippen molar-refractivity contribution in [1.29, 1.82) is 0 Å². The summed E-state index contributed by atoms with van der Waals surface area (Å²) < 4.78 is 5.35. The normalized spacial score (nSPS) is 11.6. The first-order valence-electron chi connectivity index (χ1n) is 6.25. The van der Waals surface area contributed by atoms with Gasteiger partial charge in [-0.2, -0.15) is 11.8 Å². The predicted molar refractivity (Wildman–Crippen MR) is 81.3 cm³/mol. The topological polar surface area (TPSA) is 55.5 Å². The fraction of sp³-hybridized carbons (Fsp3) is 0.467. The second-order valence-corrected chi connectivity index (χ2v) is 5.37. The number of benzene rings is 1.